The Labute approximate surface area is 159 Å². The molecule has 0 aliphatic carbocycles. The van der Waals surface area contributed by atoms with E-state index in [9.17, 15) is 4.79 Å². The molecule has 1 aliphatic rings. The van der Waals surface area contributed by atoms with E-state index in [-0.39, 0.29) is 30.5 Å². The molecule has 0 spiro atoms. The summed E-state index contributed by atoms with van der Waals surface area (Å²) in [5.41, 5.74) is 8.81. The van der Waals surface area contributed by atoms with Crippen molar-refractivity contribution in [3.63, 3.8) is 0 Å². The molecule has 1 heterocycles. The van der Waals surface area contributed by atoms with Crippen molar-refractivity contribution in [1.82, 2.24) is 5.32 Å². The topological polar surface area (TPSA) is 64.4 Å². The molecule has 6 heteroatoms. The average molecular weight is 381 g/mol. The summed E-state index contributed by atoms with van der Waals surface area (Å²) in [5, 5.41) is 3.68. The number of benzene rings is 2. The lowest BCUT2D eigenvalue weighted by atomic mass is 9.99. The van der Waals surface area contributed by atoms with Crippen LogP contribution in [0.4, 0.5) is 0 Å². The van der Waals surface area contributed by atoms with Crippen LogP contribution in [0.2, 0.25) is 5.02 Å². The Morgan fingerprint density at radius 2 is 1.88 bits per heavy atom. The molecule has 2 aromatic carbocycles. The highest BCUT2D eigenvalue weighted by Gasteiger charge is 2.29. The van der Waals surface area contributed by atoms with Crippen molar-refractivity contribution in [3.05, 3.63) is 59.1 Å². The number of nitrogens with one attached hydrogen (secondary N) is 1. The van der Waals surface area contributed by atoms with E-state index >= 15 is 0 Å². The van der Waals surface area contributed by atoms with Crippen LogP contribution in [-0.4, -0.2) is 24.7 Å². The molecule has 0 bridgehead atoms. The molecule has 3 rings (SSSR count). The summed E-state index contributed by atoms with van der Waals surface area (Å²) in [6, 6.07) is 15.7. The lowest BCUT2D eigenvalue weighted by molar-refractivity contribution is -0.132. The molecule has 3 N–H and O–H groups in total. The number of nitrogens with two attached hydrogens (primary N) is 1. The summed E-state index contributed by atoms with van der Waals surface area (Å²) in [4.78, 5) is 12.3. The number of rotatable bonds is 5. The van der Waals surface area contributed by atoms with Gasteiger partial charge in [0.1, 0.15) is 6.10 Å². The van der Waals surface area contributed by atoms with Gasteiger partial charge in [0.15, 0.2) is 0 Å². The maximum absolute atomic E-state index is 12.3. The quantitative estimate of drug-likeness (QED) is 0.833. The van der Waals surface area contributed by atoms with Crippen LogP contribution in [0, 0.1) is 0 Å². The number of hydrogen-bond donors (Lipinski definition) is 2. The van der Waals surface area contributed by atoms with E-state index in [1.807, 2.05) is 48.5 Å². The fourth-order valence-electron chi connectivity index (χ4n) is 2.95. The number of carbonyl (C=O) groups is 1. The second kappa shape index (κ2) is 9.20. The van der Waals surface area contributed by atoms with Crippen molar-refractivity contribution >= 4 is 29.9 Å². The number of ether oxygens (including phenoxy) is 1. The van der Waals surface area contributed by atoms with E-state index in [2.05, 4.69) is 5.32 Å². The predicted octanol–water partition coefficient (Wildman–Crippen LogP) is 3.55. The van der Waals surface area contributed by atoms with Crippen LogP contribution in [0.3, 0.4) is 0 Å². The van der Waals surface area contributed by atoms with Crippen LogP contribution in [0.1, 0.15) is 18.4 Å². The molecule has 1 aliphatic heterocycles. The third kappa shape index (κ3) is 4.95. The summed E-state index contributed by atoms with van der Waals surface area (Å²) in [7, 11) is 0. The lowest BCUT2D eigenvalue weighted by Gasteiger charge is -2.14. The second-order valence-corrected chi connectivity index (χ2v) is 6.38. The Kier molecular flexibility index (Phi) is 7.26. The van der Waals surface area contributed by atoms with Crippen LogP contribution >= 0.6 is 24.0 Å². The molecule has 4 nitrogen and oxygen atoms in total. The molecule has 0 aromatic heterocycles. The van der Waals surface area contributed by atoms with E-state index in [4.69, 9.17) is 22.1 Å². The van der Waals surface area contributed by atoms with Crippen LogP contribution in [0.15, 0.2) is 48.5 Å². The van der Waals surface area contributed by atoms with Crippen LogP contribution in [0.5, 0.6) is 0 Å². The van der Waals surface area contributed by atoms with Gasteiger partial charge in [0.05, 0.1) is 6.10 Å². The van der Waals surface area contributed by atoms with Crippen molar-refractivity contribution in [2.75, 3.05) is 6.54 Å². The second-order valence-electron chi connectivity index (χ2n) is 5.94. The van der Waals surface area contributed by atoms with Gasteiger partial charge >= 0.3 is 0 Å². The van der Waals surface area contributed by atoms with E-state index in [1.165, 1.54) is 0 Å². The minimum atomic E-state index is -0.388. The number of hydrogen-bond acceptors (Lipinski definition) is 3. The molecular formula is C19H22Cl2N2O2. The first kappa shape index (κ1) is 19.7. The molecule has 2 aromatic rings. The fourth-order valence-corrected chi connectivity index (χ4v) is 3.08. The third-order valence-electron chi connectivity index (χ3n) is 4.29. The van der Waals surface area contributed by atoms with E-state index in [1.54, 1.807) is 0 Å². The smallest absolute Gasteiger partial charge is 0.249 e. The van der Waals surface area contributed by atoms with Crippen LogP contribution in [0.25, 0.3) is 11.1 Å². The molecule has 1 fully saturated rings. The van der Waals surface area contributed by atoms with Gasteiger partial charge < -0.3 is 15.8 Å². The first-order valence-corrected chi connectivity index (χ1v) is 8.52. The normalized spacial score (nSPS) is 19.3. The number of amides is 1. The molecule has 1 saturated heterocycles. The summed E-state index contributed by atoms with van der Waals surface area (Å²) in [5.74, 6) is -0.0724. The van der Waals surface area contributed by atoms with Gasteiger partial charge in [-0.3, -0.25) is 4.79 Å². The van der Waals surface area contributed by atoms with Gasteiger partial charge in [0, 0.05) is 18.1 Å². The van der Waals surface area contributed by atoms with Crippen LogP contribution in [-0.2, 0) is 16.1 Å². The molecule has 1 amide bonds. The zero-order valence-corrected chi connectivity index (χ0v) is 15.4. The monoisotopic (exact) mass is 380 g/mol. The molecule has 0 saturated carbocycles. The molecule has 0 radical (unpaired) electrons. The summed E-state index contributed by atoms with van der Waals surface area (Å²) >= 11 is 5.96. The maximum Gasteiger partial charge on any atom is 0.249 e. The van der Waals surface area contributed by atoms with Crippen molar-refractivity contribution in [3.8, 4) is 11.1 Å². The largest absolute Gasteiger partial charge is 0.364 e. The molecule has 134 valence electrons. The Morgan fingerprint density at radius 1 is 1.16 bits per heavy atom. The van der Waals surface area contributed by atoms with E-state index in [0.29, 0.717) is 18.1 Å². The Balaban J connectivity index is 0.00000225. The van der Waals surface area contributed by atoms with Gasteiger partial charge in [-0.1, -0.05) is 48.0 Å². The molecule has 0 unspecified atom stereocenters. The standard InChI is InChI=1S/C19H21ClN2O2.ClH/c20-15-7-5-13(6-8-15)17-4-2-1-3-14(17)12-22-19(23)18-10-9-16(11-21)24-18;/h1-8,16,18H,9-12,21H2,(H,22,23);1H/t16-,18+;/m1./s1. The first-order chi connectivity index (χ1) is 11.7. The molecule has 2 atom stereocenters. The van der Waals surface area contributed by atoms with Gasteiger partial charge in [0.25, 0.3) is 0 Å². The predicted molar refractivity (Wildman–Crippen MR) is 103 cm³/mol. The highest BCUT2D eigenvalue weighted by molar-refractivity contribution is 6.30. The minimum Gasteiger partial charge on any atom is -0.364 e. The number of carbonyl (C=O) groups excluding carboxylic acids is 1. The average Bonchev–Trinajstić information content (AvgIpc) is 3.10. The summed E-state index contributed by atoms with van der Waals surface area (Å²) in [6.45, 7) is 0.925. The zero-order chi connectivity index (χ0) is 16.9. The molecule has 25 heavy (non-hydrogen) atoms. The Hall–Kier alpha value is -1.59. The van der Waals surface area contributed by atoms with E-state index in [0.717, 1.165) is 29.5 Å². The zero-order valence-electron chi connectivity index (χ0n) is 13.8. The third-order valence-corrected chi connectivity index (χ3v) is 4.54. The van der Waals surface area contributed by atoms with Crippen LogP contribution < -0.4 is 11.1 Å². The maximum atomic E-state index is 12.3. The first-order valence-electron chi connectivity index (χ1n) is 8.14. The van der Waals surface area contributed by atoms with Gasteiger partial charge in [0.2, 0.25) is 5.91 Å². The summed E-state index contributed by atoms with van der Waals surface area (Å²) < 4.78 is 5.64. The highest BCUT2D eigenvalue weighted by Crippen LogP contribution is 2.25. The SMILES string of the molecule is Cl.NC[C@H]1CC[C@@H](C(=O)NCc2ccccc2-c2ccc(Cl)cc2)O1. The van der Waals surface area contributed by atoms with E-state index < -0.39 is 0 Å². The fraction of sp³-hybridized carbons (Fsp3) is 0.316. The molecular weight excluding hydrogens is 359 g/mol. The Bertz CT molecular complexity index is 707. The lowest BCUT2D eigenvalue weighted by Crippen LogP contribution is -2.35. The van der Waals surface area contributed by atoms with Gasteiger partial charge in [-0.05, 0) is 41.7 Å². The highest BCUT2D eigenvalue weighted by atomic mass is 35.5. The van der Waals surface area contributed by atoms with Crippen molar-refractivity contribution < 1.29 is 9.53 Å². The van der Waals surface area contributed by atoms with Crippen molar-refractivity contribution in [2.45, 2.75) is 31.6 Å². The van der Waals surface area contributed by atoms with Crippen molar-refractivity contribution in [1.29, 1.82) is 0 Å². The minimum absolute atomic E-state index is 0. The summed E-state index contributed by atoms with van der Waals surface area (Å²) in [6.07, 6.45) is 1.19. The van der Waals surface area contributed by atoms with Gasteiger partial charge in [-0.15, -0.1) is 12.4 Å². The van der Waals surface area contributed by atoms with Gasteiger partial charge in [-0.2, -0.15) is 0 Å². The van der Waals surface area contributed by atoms with Gasteiger partial charge in [-0.25, -0.2) is 0 Å². The Morgan fingerprint density at radius 3 is 2.56 bits per heavy atom. The van der Waals surface area contributed by atoms with Crippen molar-refractivity contribution in [2.24, 2.45) is 5.73 Å². The number of halogens is 2.